The lowest BCUT2D eigenvalue weighted by Crippen LogP contribution is -2.65. The van der Waals surface area contributed by atoms with E-state index in [4.69, 9.17) is 9.47 Å². The Labute approximate surface area is 256 Å². The van der Waals surface area contributed by atoms with Crippen molar-refractivity contribution in [2.24, 2.45) is 22.7 Å². The first-order chi connectivity index (χ1) is 20.4. The highest BCUT2D eigenvalue weighted by Crippen LogP contribution is 2.71. The molecular weight excluding hydrogens is 579 g/mol. The van der Waals surface area contributed by atoms with Crippen molar-refractivity contribution in [3.63, 3.8) is 0 Å². The van der Waals surface area contributed by atoms with E-state index in [1.807, 2.05) is 30.3 Å². The summed E-state index contributed by atoms with van der Waals surface area (Å²) >= 11 is 0. The van der Waals surface area contributed by atoms with E-state index in [2.05, 4.69) is 20.4 Å². The highest BCUT2D eigenvalue weighted by Gasteiger charge is 2.79. The Balaban J connectivity index is 1.50. The minimum Gasteiger partial charge on any atom is -0.385 e. The Morgan fingerprint density at radius 1 is 0.955 bits per heavy atom. The van der Waals surface area contributed by atoms with Gasteiger partial charge >= 0.3 is 12.1 Å². The summed E-state index contributed by atoms with van der Waals surface area (Å²) < 4.78 is 85.0. The van der Waals surface area contributed by atoms with E-state index in [0.29, 0.717) is 38.9 Å². The van der Waals surface area contributed by atoms with Crippen LogP contribution >= 0.6 is 0 Å². The van der Waals surface area contributed by atoms with E-state index in [9.17, 15) is 23.4 Å². The van der Waals surface area contributed by atoms with Crippen LogP contribution in [0.3, 0.4) is 0 Å². The molecule has 4 fully saturated rings. The van der Waals surface area contributed by atoms with Gasteiger partial charge in [-0.15, -0.1) is 0 Å². The fraction of sp³-hybridized carbons (Fsp3) is 0.657. The number of rotatable bonds is 4. The summed E-state index contributed by atoms with van der Waals surface area (Å²) in [6.07, 6.45) is 0.583. The molecule has 1 spiro atoms. The largest absolute Gasteiger partial charge is 0.456 e. The monoisotopic (exact) mass is 622 g/mol. The molecule has 3 saturated carbocycles. The van der Waals surface area contributed by atoms with Gasteiger partial charge in [-0.2, -0.15) is 22.0 Å². The lowest BCUT2D eigenvalue weighted by molar-refractivity contribution is -0.362. The Morgan fingerprint density at radius 2 is 1.64 bits per heavy atom. The molecule has 1 saturated heterocycles. The van der Waals surface area contributed by atoms with E-state index in [1.54, 1.807) is 12.2 Å². The van der Waals surface area contributed by atoms with Crippen LogP contribution in [0.1, 0.15) is 89.2 Å². The quantitative estimate of drug-likeness (QED) is 0.202. The molecule has 9 heteroatoms. The number of fused-ring (bicyclic) bond motifs is 4. The number of ether oxygens (including phenoxy) is 2. The fourth-order valence-corrected chi connectivity index (χ4v) is 9.44. The second-order valence-electron chi connectivity index (χ2n) is 14.9. The van der Waals surface area contributed by atoms with Gasteiger partial charge in [0.05, 0.1) is 18.8 Å². The zero-order valence-corrected chi connectivity index (χ0v) is 25.7. The van der Waals surface area contributed by atoms with E-state index in [1.165, 1.54) is 6.92 Å². The summed E-state index contributed by atoms with van der Waals surface area (Å²) in [5.74, 6) is -7.74. The van der Waals surface area contributed by atoms with E-state index < -0.39 is 52.8 Å². The minimum atomic E-state index is -5.89. The van der Waals surface area contributed by atoms with Gasteiger partial charge in [0.1, 0.15) is 5.60 Å². The van der Waals surface area contributed by atoms with Gasteiger partial charge < -0.3 is 19.7 Å². The number of halogens is 5. The third-order valence-electron chi connectivity index (χ3n) is 11.7. The van der Waals surface area contributed by atoms with Crippen LogP contribution in [-0.4, -0.2) is 52.5 Å². The van der Waals surface area contributed by atoms with Gasteiger partial charge in [-0.25, -0.2) is 0 Å². The molecule has 4 nitrogen and oxygen atoms in total. The molecule has 1 aliphatic heterocycles. The Morgan fingerprint density at radius 3 is 2.30 bits per heavy atom. The number of alkyl halides is 5. The van der Waals surface area contributed by atoms with Crippen molar-refractivity contribution >= 4 is 6.08 Å². The number of benzene rings is 1. The summed E-state index contributed by atoms with van der Waals surface area (Å²) in [5, 5.41) is 23.9. The summed E-state index contributed by atoms with van der Waals surface area (Å²) in [5.41, 5.74) is -3.05. The third kappa shape index (κ3) is 4.58. The van der Waals surface area contributed by atoms with Crippen LogP contribution in [0.15, 0.2) is 54.1 Å². The van der Waals surface area contributed by atoms with Crippen LogP contribution in [0.5, 0.6) is 0 Å². The number of hydrogen-bond acceptors (Lipinski definition) is 4. The number of hydrogen-bond donors (Lipinski definition) is 2. The van der Waals surface area contributed by atoms with Crippen molar-refractivity contribution < 1.29 is 41.6 Å². The molecule has 44 heavy (non-hydrogen) atoms. The minimum absolute atomic E-state index is 0.0501. The van der Waals surface area contributed by atoms with Gasteiger partial charge in [-0.3, -0.25) is 0 Å². The maximum absolute atomic E-state index is 15.3. The zero-order valence-electron chi connectivity index (χ0n) is 25.7. The molecule has 0 bridgehead atoms. The van der Waals surface area contributed by atoms with Crippen LogP contribution in [-0.2, 0) is 9.47 Å². The molecule has 1 heterocycles. The van der Waals surface area contributed by atoms with Crippen molar-refractivity contribution in [2.75, 3.05) is 13.2 Å². The topological polar surface area (TPSA) is 58.9 Å². The van der Waals surface area contributed by atoms with Crippen LogP contribution in [0.2, 0.25) is 0 Å². The maximum Gasteiger partial charge on any atom is 0.456 e. The highest BCUT2D eigenvalue weighted by molar-refractivity contribution is 5.59. The lowest BCUT2D eigenvalue weighted by Gasteiger charge is -2.59. The molecule has 0 amide bonds. The smallest absolute Gasteiger partial charge is 0.385 e. The molecule has 0 unspecified atom stereocenters. The fourth-order valence-electron chi connectivity index (χ4n) is 9.44. The van der Waals surface area contributed by atoms with Crippen LogP contribution in [0, 0.1) is 22.7 Å². The average Bonchev–Trinajstić information content (AvgIpc) is 3.23. The van der Waals surface area contributed by atoms with Crippen molar-refractivity contribution in [2.45, 2.75) is 107 Å². The third-order valence-corrected chi connectivity index (χ3v) is 11.7. The summed E-state index contributed by atoms with van der Waals surface area (Å²) in [7, 11) is 0. The normalized spacial score (nSPS) is 38.4. The van der Waals surface area contributed by atoms with Crippen molar-refractivity contribution in [3.05, 3.63) is 65.3 Å². The van der Waals surface area contributed by atoms with Crippen LogP contribution in [0.4, 0.5) is 22.0 Å². The van der Waals surface area contributed by atoms with Gasteiger partial charge in [0, 0.05) is 29.6 Å². The molecule has 6 rings (SSSR count). The lowest BCUT2D eigenvalue weighted by atomic mass is 9.49. The summed E-state index contributed by atoms with van der Waals surface area (Å²) in [4.78, 5) is 0. The predicted molar refractivity (Wildman–Crippen MR) is 157 cm³/mol. The van der Waals surface area contributed by atoms with E-state index in [0.717, 1.165) is 22.3 Å². The molecule has 5 aliphatic rings. The molecule has 6 atom stereocenters. The van der Waals surface area contributed by atoms with Crippen LogP contribution in [0.25, 0.3) is 6.08 Å². The molecule has 242 valence electrons. The molecule has 4 aliphatic carbocycles. The van der Waals surface area contributed by atoms with Crippen molar-refractivity contribution in [1.29, 1.82) is 0 Å². The Bertz CT molecular complexity index is 1370. The van der Waals surface area contributed by atoms with Gasteiger partial charge in [0.2, 0.25) is 0 Å². The Kier molecular flexibility index (Phi) is 7.40. The van der Waals surface area contributed by atoms with Gasteiger partial charge in [-0.05, 0) is 67.1 Å². The first-order valence-corrected chi connectivity index (χ1v) is 15.7. The van der Waals surface area contributed by atoms with Gasteiger partial charge in [-0.1, -0.05) is 75.4 Å². The second kappa shape index (κ2) is 10.2. The van der Waals surface area contributed by atoms with Crippen molar-refractivity contribution in [3.8, 4) is 0 Å². The first kappa shape index (κ1) is 31.9. The van der Waals surface area contributed by atoms with Crippen molar-refractivity contribution in [1.82, 2.24) is 0 Å². The molecule has 1 aromatic rings. The van der Waals surface area contributed by atoms with Gasteiger partial charge in [0.15, 0.2) is 5.79 Å². The molecule has 0 aromatic heterocycles. The number of allylic oxidation sites excluding steroid dienone is 3. The maximum atomic E-state index is 15.3. The summed E-state index contributed by atoms with van der Waals surface area (Å²) in [6.45, 7) is 10.3. The molecular formula is C35H43F5O4. The van der Waals surface area contributed by atoms with Gasteiger partial charge in [0.25, 0.3) is 0 Å². The zero-order chi connectivity index (χ0) is 32.0. The standard InChI is InChI=1S/C35H43F5O4/c1-5-6-9-22-10-7-8-11-23(22)25-18-30(4)26(14-17-33(30,42)34(36,37)35(38,39)40)24-12-15-31(41)19-32(16-13-27(31)28(24)25)43-20-29(2,3)21-44-32/h5-11,24-26,41-42H,1,12-21H2,2-4H3/b9-6+/t24-,25+,26-,30-,31+,33-/m0/s1. The Hall–Kier alpha value is -2.07. The van der Waals surface area contributed by atoms with E-state index in [-0.39, 0.29) is 30.6 Å². The second-order valence-corrected chi connectivity index (χ2v) is 14.9. The summed E-state index contributed by atoms with van der Waals surface area (Å²) in [6, 6.07) is 7.44. The molecule has 0 radical (unpaired) electrons. The first-order valence-electron chi connectivity index (χ1n) is 15.7. The average molecular weight is 623 g/mol. The molecule has 2 N–H and O–H groups in total. The van der Waals surface area contributed by atoms with E-state index >= 15 is 8.78 Å². The SMILES string of the molecule is C=C/C=C/c1ccccc1[C@H]1C[C@@]2(C)[C@@H](CC[C@@]2(O)C(F)(F)C(F)(F)F)[C@@H]2CC[C@@]3(O)CC4(CCC3=C21)OCC(C)(C)CO4. The highest BCUT2D eigenvalue weighted by atomic mass is 19.4. The van der Waals surface area contributed by atoms with Crippen LogP contribution < -0.4 is 0 Å². The number of aliphatic hydroxyl groups is 2. The molecule has 1 aromatic carbocycles. The predicted octanol–water partition coefficient (Wildman–Crippen LogP) is 8.11.